The molecule has 1 heterocycles. The van der Waals surface area contributed by atoms with Gasteiger partial charge in [0, 0.05) is 25.3 Å². The zero-order valence-corrected chi connectivity index (χ0v) is 12.9. The number of carbonyl (C=O) groups is 1. The van der Waals surface area contributed by atoms with Crippen molar-refractivity contribution in [3.05, 3.63) is 11.8 Å². The summed E-state index contributed by atoms with van der Waals surface area (Å²) in [5, 5.41) is 10.2. The number of hydrogen-bond donors (Lipinski definition) is 1. The summed E-state index contributed by atoms with van der Waals surface area (Å²) in [6, 6.07) is 0. The predicted octanol–water partition coefficient (Wildman–Crippen LogP) is 2.14. The van der Waals surface area contributed by atoms with Crippen molar-refractivity contribution < 1.29 is 9.90 Å². The second-order valence-electron chi connectivity index (χ2n) is 6.20. The van der Waals surface area contributed by atoms with E-state index in [0.717, 1.165) is 32.2 Å². The fourth-order valence-corrected chi connectivity index (χ4v) is 3.40. The van der Waals surface area contributed by atoms with Crippen molar-refractivity contribution in [2.45, 2.75) is 58.0 Å². The standard InChI is InChI=1S/C16H28N2O2/c1-3-10-16(20)12-17(13-16)11-15(19)18(4-2)14-8-6-5-7-9-14/h8,20H,3-7,9-13H2,1-2H3. The molecule has 20 heavy (non-hydrogen) atoms. The Morgan fingerprint density at radius 1 is 1.40 bits per heavy atom. The quantitative estimate of drug-likeness (QED) is 0.810. The van der Waals surface area contributed by atoms with Crippen molar-refractivity contribution in [3.63, 3.8) is 0 Å². The topological polar surface area (TPSA) is 43.8 Å². The number of allylic oxidation sites excluding steroid dienone is 2. The third-order valence-corrected chi connectivity index (χ3v) is 4.34. The van der Waals surface area contributed by atoms with Crippen LogP contribution in [0.1, 0.15) is 52.4 Å². The summed E-state index contributed by atoms with van der Waals surface area (Å²) in [6.07, 6.45) is 8.60. The van der Waals surface area contributed by atoms with Crippen molar-refractivity contribution in [1.82, 2.24) is 9.80 Å². The molecule has 0 spiro atoms. The largest absolute Gasteiger partial charge is 0.387 e. The highest BCUT2D eigenvalue weighted by molar-refractivity contribution is 5.80. The SMILES string of the molecule is CCCC1(O)CN(CC(=O)N(CC)C2=CCCCC2)C1. The highest BCUT2D eigenvalue weighted by Crippen LogP contribution is 2.26. The van der Waals surface area contributed by atoms with Gasteiger partial charge in [-0.3, -0.25) is 9.69 Å². The molecular formula is C16H28N2O2. The van der Waals surface area contributed by atoms with Gasteiger partial charge in [0.25, 0.3) is 0 Å². The Morgan fingerprint density at radius 2 is 2.15 bits per heavy atom. The van der Waals surface area contributed by atoms with Gasteiger partial charge in [0.1, 0.15) is 0 Å². The molecule has 4 nitrogen and oxygen atoms in total. The number of amides is 1. The maximum Gasteiger partial charge on any atom is 0.240 e. The summed E-state index contributed by atoms with van der Waals surface area (Å²) in [5.74, 6) is 0.180. The van der Waals surface area contributed by atoms with E-state index in [1.54, 1.807) is 0 Å². The summed E-state index contributed by atoms with van der Waals surface area (Å²) in [6.45, 7) is 6.60. The lowest BCUT2D eigenvalue weighted by molar-refractivity contribution is -0.140. The summed E-state index contributed by atoms with van der Waals surface area (Å²) in [4.78, 5) is 16.4. The minimum absolute atomic E-state index is 0.180. The van der Waals surface area contributed by atoms with Gasteiger partial charge in [-0.2, -0.15) is 0 Å². The zero-order valence-electron chi connectivity index (χ0n) is 12.9. The van der Waals surface area contributed by atoms with E-state index in [9.17, 15) is 9.90 Å². The minimum Gasteiger partial charge on any atom is -0.387 e. The van der Waals surface area contributed by atoms with Crippen LogP contribution in [0.3, 0.4) is 0 Å². The number of carbonyl (C=O) groups excluding carboxylic acids is 1. The minimum atomic E-state index is -0.545. The van der Waals surface area contributed by atoms with E-state index >= 15 is 0 Å². The fourth-order valence-electron chi connectivity index (χ4n) is 3.40. The molecule has 1 N–H and O–H groups in total. The van der Waals surface area contributed by atoms with E-state index in [1.165, 1.54) is 18.5 Å². The van der Waals surface area contributed by atoms with Crippen LogP contribution in [0.15, 0.2) is 11.8 Å². The third-order valence-electron chi connectivity index (χ3n) is 4.34. The summed E-state index contributed by atoms with van der Waals surface area (Å²) < 4.78 is 0. The van der Waals surface area contributed by atoms with Gasteiger partial charge in [0.2, 0.25) is 5.91 Å². The molecule has 2 aliphatic rings. The van der Waals surface area contributed by atoms with Crippen molar-refractivity contribution in [2.24, 2.45) is 0 Å². The molecule has 1 saturated heterocycles. The molecule has 1 aliphatic heterocycles. The van der Waals surface area contributed by atoms with Crippen molar-refractivity contribution in [1.29, 1.82) is 0 Å². The summed E-state index contributed by atoms with van der Waals surface area (Å²) in [7, 11) is 0. The van der Waals surface area contributed by atoms with Gasteiger partial charge in [0.05, 0.1) is 12.1 Å². The number of nitrogens with zero attached hydrogens (tertiary/aromatic N) is 2. The lowest BCUT2D eigenvalue weighted by atomic mass is 9.89. The van der Waals surface area contributed by atoms with E-state index < -0.39 is 5.60 Å². The molecule has 0 aromatic heterocycles. The molecule has 0 aromatic carbocycles. The number of hydrogen-bond acceptors (Lipinski definition) is 3. The lowest BCUT2D eigenvalue weighted by Crippen LogP contribution is -2.63. The first-order valence-electron chi connectivity index (χ1n) is 8.02. The van der Waals surface area contributed by atoms with Crippen LogP contribution < -0.4 is 0 Å². The number of aliphatic hydroxyl groups is 1. The highest BCUT2D eigenvalue weighted by atomic mass is 16.3. The number of rotatable bonds is 6. The van der Waals surface area contributed by atoms with Gasteiger partial charge >= 0.3 is 0 Å². The first-order valence-corrected chi connectivity index (χ1v) is 8.02. The summed E-state index contributed by atoms with van der Waals surface area (Å²) >= 11 is 0. The predicted molar refractivity (Wildman–Crippen MR) is 80.2 cm³/mol. The van der Waals surface area contributed by atoms with Crippen LogP contribution in [0.4, 0.5) is 0 Å². The average Bonchev–Trinajstić information content (AvgIpc) is 2.39. The van der Waals surface area contributed by atoms with Crippen molar-refractivity contribution >= 4 is 5.91 Å². The van der Waals surface area contributed by atoms with Crippen LogP contribution >= 0.6 is 0 Å². The van der Waals surface area contributed by atoms with Crippen LogP contribution in [-0.2, 0) is 4.79 Å². The molecular weight excluding hydrogens is 252 g/mol. The Labute approximate surface area is 122 Å². The zero-order chi connectivity index (χ0) is 14.6. The van der Waals surface area contributed by atoms with Gasteiger partial charge in [-0.15, -0.1) is 0 Å². The molecule has 0 aromatic rings. The molecule has 0 radical (unpaired) electrons. The molecule has 1 fully saturated rings. The molecule has 0 unspecified atom stereocenters. The Kier molecular flexibility index (Phi) is 5.22. The summed E-state index contributed by atoms with van der Waals surface area (Å²) in [5.41, 5.74) is 0.656. The smallest absolute Gasteiger partial charge is 0.240 e. The van der Waals surface area contributed by atoms with Gasteiger partial charge < -0.3 is 10.0 Å². The Bertz CT molecular complexity index is 373. The number of likely N-dealkylation sites (N-methyl/N-ethyl adjacent to an activating group) is 1. The van der Waals surface area contributed by atoms with Gasteiger partial charge in [-0.05, 0) is 39.0 Å². The van der Waals surface area contributed by atoms with Crippen LogP contribution in [-0.4, -0.2) is 52.6 Å². The number of β-amino-alcohol motifs (C(OH)–C–C–N with tert-alkyl or cyclic N) is 1. The average molecular weight is 280 g/mol. The van der Waals surface area contributed by atoms with E-state index in [0.29, 0.717) is 19.6 Å². The van der Waals surface area contributed by atoms with Gasteiger partial charge in [0.15, 0.2) is 0 Å². The molecule has 114 valence electrons. The first-order chi connectivity index (χ1) is 9.58. The van der Waals surface area contributed by atoms with Crippen LogP contribution in [0, 0.1) is 0 Å². The Hall–Kier alpha value is -0.870. The molecule has 1 amide bonds. The number of likely N-dealkylation sites (tertiary alicyclic amines) is 1. The third kappa shape index (κ3) is 3.61. The van der Waals surface area contributed by atoms with Gasteiger partial charge in [-0.25, -0.2) is 0 Å². The van der Waals surface area contributed by atoms with Crippen LogP contribution in [0.25, 0.3) is 0 Å². The fraction of sp³-hybridized carbons (Fsp3) is 0.812. The van der Waals surface area contributed by atoms with Crippen LogP contribution in [0.5, 0.6) is 0 Å². The first kappa shape index (κ1) is 15.5. The second kappa shape index (κ2) is 6.72. The Balaban J connectivity index is 1.83. The maximum absolute atomic E-state index is 12.4. The normalized spacial score (nSPS) is 22.1. The monoisotopic (exact) mass is 280 g/mol. The highest BCUT2D eigenvalue weighted by Gasteiger charge is 2.41. The van der Waals surface area contributed by atoms with E-state index in [1.807, 2.05) is 11.8 Å². The van der Waals surface area contributed by atoms with E-state index in [4.69, 9.17) is 0 Å². The molecule has 0 atom stereocenters. The maximum atomic E-state index is 12.4. The van der Waals surface area contributed by atoms with Crippen LogP contribution in [0.2, 0.25) is 0 Å². The van der Waals surface area contributed by atoms with Gasteiger partial charge in [-0.1, -0.05) is 19.4 Å². The lowest BCUT2D eigenvalue weighted by Gasteiger charge is -2.46. The van der Waals surface area contributed by atoms with E-state index in [-0.39, 0.29) is 5.91 Å². The molecule has 1 aliphatic carbocycles. The van der Waals surface area contributed by atoms with E-state index in [2.05, 4.69) is 17.9 Å². The van der Waals surface area contributed by atoms with Crippen molar-refractivity contribution in [3.8, 4) is 0 Å². The molecule has 2 rings (SSSR count). The second-order valence-corrected chi connectivity index (χ2v) is 6.20. The molecule has 0 saturated carbocycles. The Morgan fingerprint density at radius 3 is 2.70 bits per heavy atom. The van der Waals surface area contributed by atoms with Crippen molar-refractivity contribution in [2.75, 3.05) is 26.2 Å². The molecule has 4 heteroatoms. The molecule has 0 bridgehead atoms.